The first kappa shape index (κ1) is 22.4. The second kappa shape index (κ2) is 8.64. The first-order valence-electron chi connectivity index (χ1n) is 8.44. The fourth-order valence-electron chi connectivity index (χ4n) is 2.44. The van der Waals surface area contributed by atoms with Crippen LogP contribution in [0.15, 0.2) is 47.4 Å². The van der Waals surface area contributed by atoms with Crippen molar-refractivity contribution < 1.29 is 31.2 Å². The zero-order valence-electron chi connectivity index (χ0n) is 15.6. The third-order valence-corrected chi connectivity index (χ3v) is 5.16. The first-order valence-corrected chi connectivity index (χ1v) is 10.3. The maximum Gasteiger partial charge on any atom is 0.416 e. The lowest BCUT2D eigenvalue weighted by molar-refractivity contribution is -0.137. The number of halogens is 3. The van der Waals surface area contributed by atoms with Gasteiger partial charge in [0, 0.05) is 30.5 Å². The molecule has 0 heterocycles. The molecule has 2 amide bonds. The number of carbonyl (C=O) groups is 2. The summed E-state index contributed by atoms with van der Waals surface area (Å²) in [5, 5.41) is 5.04. The highest BCUT2D eigenvalue weighted by molar-refractivity contribution is 7.90. The van der Waals surface area contributed by atoms with Crippen LogP contribution in [-0.2, 0) is 16.0 Å². The molecule has 2 rings (SSSR count). The van der Waals surface area contributed by atoms with E-state index in [0.717, 1.165) is 30.5 Å². The van der Waals surface area contributed by atoms with Gasteiger partial charge < -0.3 is 10.6 Å². The number of hydrogen-bond acceptors (Lipinski definition) is 4. The summed E-state index contributed by atoms with van der Waals surface area (Å²) in [6.07, 6.45) is -3.44. The molecule has 0 saturated carbocycles. The van der Waals surface area contributed by atoms with E-state index < -0.39 is 33.4 Å². The Bertz CT molecular complexity index is 1020. The summed E-state index contributed by atoms with van der Waals surface area (Å²) < 4.78 is 60.8. The lowest BCUT2D eigenvalue weighted by Crippen LogP contribution is -2.35. The molecule has 156 valence electrons. The van der Waals surface area contributed by atoms with Crippen molar-refractivity contribution in [2.24, 2.45) is 0 Å². The number of carbonyl (C=O) groups excluding carboxylic acids is 2. The van der Waals surface area contributed by atoms with Crippen LogP contribution in [0.2, 0.25) is 0 Å². The van der Waals surface area contributed by atoms with E-state index in [1.165, 1.54) is 18.2 Å². The zero-order chi connectivity index (χ0) is 21.8. The molecule has 2 N–H and O–H groups in total. The van der Waals surface area contributed by atoms with Gasteiger partial charge in [0.25, 0.3) is 11.8 Å². The number of alkyl halides is 3. The maximum atomic E-state index is 12.5. The number of hydrogen-bond donors (Lipinski definition) is 2. The molecule has 0 fully saturated rings. The molecule has 0 atom stereocenters. The fourth-order valence-corrected chi connectivity index (χ4v) is 3.08. The molecule has 0 saturated heterocycles. The van der Waals surface area contributed by atoms with E-state index >= 15 is 0 Å². The van der Waals surface area contributed by atoms with Crippen LogP contribution >= 0.6 is 0 Å². The molecule has 6 nitrogen and oxygen atoms in total. The third-order valence-electron chi connectivity index (χ3n) is 4.05. The van der Waals surface area contributed by atoms with Crippen molar-refractivity contribution in [3.63, 3.8) is 0 Å². The Labute approximate surface area is 166 Å². The number of nitrogens with one attached hydrogen (secondary N) is 2. The van der Waals surface area contributed by atoms with E-state index in [2.05, 4.69) is 10.6 Å². The number of amides is 2. The molecule has 0 aliphatic rings. The average molecular weight is 428 g/mol. The molecule has 2 aromatic rings. The van der Waals surface area contributed by atoms with Gasteiger partial charge >= 0.3 is 6.18 Å². The van der Waals surface area contributed by atoms with Crippen LogP contribution in [0.3, 0.4) is 0 Å². The molecule has 10 heteroatoms. The first-order chi connectivity index (χ1) is 13.4. The second-order valence-corrected chi connectivity index (χ2v) is 8.35. The third kappa shape index (κ3) is 6.05. The van der Waals surface area contributed by atoms with Crippen molar-refractivity contribution in [3.05, 3.63) is 64.7 Å². The van der Waals surface area contributed by atoms with Gasteiger partial charge in [-0.25, -0.2) is 8.42 Å². The minimum absolute atomic E-state index is 0.0175. The predicted molar refractivity (Wildman–Crippen MR) is 100 cm³/mol. The van der Waals surface area contributed by atoms with Crippen molar-refractivity contribution in [2.75, 3.05) is 19.3 Å². The monoisotopic (exact) mass is 428 g/mol. The van der Waals surface area contributed by atoms with Crippen molar-refractivity contribution >= 4 is 21.7 Å². The molecule has 0 radical (unpaired) electrons. The Balaban J connectivity index is 1.90. The van der Waals surface area contributed by atoms with Gasteiger partial charge in [0.2, 0.25) is 0 Å². The maximum absolute atomic E-state index is 12.5. The number of benzene rings is 2. The average Bonchev–Trinajstić information content (AvgIpc) is 2.63. The molecule has 0 unspecified atom stereocenters. The number of sulfone groups is 1. The van der Waals surface area contributed by atoms with Crippen LogP contribution in [0.4, 0.5) is 13.2 Å². The topological polar surface area (TPSA) is 92.3 Å². The summed E-state index contributed by atoms with van der Waals surface area (Å²) in [6, 6.07) is 7.97. The van der Waals surface area contributed by atoms with Crippen LogP contribution in [0.5, 0.6) is 0 Å². The highest BCUT2D eigenvalue weighted by Crippen LogP contribution is 2.29. The van der Waals surface area contributed by atoms with E-state index in [4.69, 9.17) is 0 Å². The minimum Gasteiger partial charge on any atom is -0.350 e. The molecule has 0 bridgehead atoms. The summed E-state index contributed by atoms with van der Waals surface area (Å²) in [5.41, 5.74) is -0.0142. The smallest absolute Gasteiger partial charge is 0.350 e. The Morgan fingerprint density at radius 1 is 0.931 bits per heavy atom. The molecule has 0 spiro atoms. The molecule has 0 aliphatic heterocycles. The Morgan fingerprint density at radius 3 is 2.00 bits per heavy atom. The molecule has 0 aromatic heterocycles. The van der Waals surface area contributed by atoms with Gasteiger partial charge in [0.05, 0.1) is 10.5 Å². The second-order valence-electron chi connectivity index (χ2n) is 6.34. The van der Waals surface area contributed by atoms with Crippen molar-refractivity contribution in [3.8, 4) is 0 Å². The lowest BCUT2D eigenvalue weighted by Gasteiger charge is -2.11. The fraction of sp³-hybridized carbons (Fsp3) is 0.263. The highest BCUT2D eigenvalue weighted by atomic mass is 32.2. The number of rotatable bonds is 6. The van der Waals surface area contributed by atoms with Gasteiger partial charge in [-0.05, 0) is 48.9 Å². The molecule has 29 heavy (non-hydrogen) atoms. The summed E-state index contributed by atoms with van der Waals surface area (Å²) in [4.78, 5) is 24.2. The van der Waals surface area contributed by atoms with E-state index in [9.17, 15) is 31.2 Å². The van der Waals surface area contributed by atoms with Crippen LogP contribution < -0.4 is 10.6 Å². The predicted octanol–water partition coefficient (Wildman–Crippen LogP) is 2.58. The van der Waals surface area contributed by atoms with Crippen molar-refractivity contribution in [1.82, 2.24) is 10.6 Å². The quantitative estimate of drug-likeness (QED) is 0.692. The van der Waals surface area contributed by atoms with Gasteiger partial charge in [-0.3, -0.25) is 9.59 Å². The van der Waals surface area contributed by atoms with Gasteiger partial charge in [0.15, 0.2) is 9.84 Å². The van der Waals surface area contributed by atoms with Crippen molar-refractivity contribution in [2.45, 2.75) is 18.0 Å². The van der Waals surface area contributed by atoms with Crippen LogP contribution in [0.25, 0.3) is 0 Å². The van der Waals surface area contributed by atoms with E-state index in [1.807, 2.05) is 0 Å². The Hall–Kier alpha value is -2.88. The van der Waals surface area contributed by atoms with Gasteiger partial charge in [-0.2, -0.15) is 13.2 Å². The minimum atomic E-state index is -4.48. The number of aryl methyl sites for hydroxylation is 1. The normalized spacial score (nSPS) is 11.8. The van der Waals surface area contributed by atoms with Crippen LogP contribution in [0.1, 0.15) is 31.8 Å². The highest BCUT2D eigenvalue weighted by Gasteiger charge is 2.30. The lowest BCUT2D eigenvalue weighted by atomic mass is 10.1. The van der Waals surface area contributed by atoms with E-state index in [0.29, 0.717) is 5.56 Å². The van der Waals surface area contributed by atoms with Gasteiger partial charge in [0.1, 0.15) is 0 Å². The van der Waals surface area contributed by atoms with E-state index in [1.54, 1.807) is 6.92 Å². The Kier molecular flexibility index (Phi) is 6.68. The molecule has 0 aliphatic carbocycles. The summed E-state index contributed by atoms with van der Waals surface area (Å²) in [7, 11) is -3.46. The molecule has 2 aromatic carbocycles. The standard InChI is InChI=1S/C19H19F3N2O4S/c1-12-3-8-15(29(2,27)28)11-16(12)18(26)24-10-9-23-17(25)13-4-6-14(7-5-13)19(20,21)22/h3-8,11H,9-10H2,1-2H3,(H,23,25)(H,24,26). The van der Waals surface area contributed by atoms with Gasteiger partial charge in [-0.15, -0.1) is 0 Å². The zero-order valence-corrected chi connectivity index (χ0v) is 16.4. The van der Waals surface area contributed by atoms with Crippen LogP contribution in [0, 0.1) is 6.92 Å². The summed E-state index contributed by atoms with van der Waals surface area (Å²) in [6.45, 7) is 1.75. The van der Waals surface area contributed by atoms with Crippen molar-refractivity contribution in [1.29, 1.82) is 0 Å². The van der Waals surface area contributed by atoms with Crippen LogP contribution in [-0.4, -0.2) is 39.6 Å². The summed E-state index contributed by atoms with van der Waals surface area (Å²) in [5.74, 6) is -1.08. The summed E-state index contributed by atoms with van der Waals surface area (Å²) >= 11 is 0. The molecular weight excluding hydrogens is 409 g/mol. The largest absolute Gasteiger partial charge is 0.416 e. The molecular formula is C19H19F3N2O4S. The van der Waals surface area contributed by atoms with Gasteiger partial charge in [-0.1, -0.05) is 6.07 Å². The SMILES string of the molecule is Cc1ccc(S(C)(=O)=O)cc1C(=O)NCCNC(=O)c1ccc(C(F)(F)F)cc1. The Morgan fingerprint density at radius 2 is 1.48 bits per heavy atom. The van der Waals surface area contributed by atoms with E-state index in [-0.39, 0.29) is 29.1 Å².